The first-order valence-corrected chi connectivity index (χ1v) is 7.44. The molecule has 4 heteroatoms. The van der Waals surface area contributed by atoms with Gasteiger partial charge in [0, 0.05) is 37.8 Å². The van der Waals surface area contributed by atoms with Crippen molar-refractivity contribution in [3.8, 4) is 0 Å². The molecule has 1 aromatic rings. The molecule has 1 aliphatic heterocycles. The minimum atomic E-state index is 0.0618. The standard InChI is InChI=1S/C16H25N3O/c1-4-15(17-3)14-7-5-6-8-16(14)19-10-9-13(11-19)18-12(2)20/h5-8,13,15,17H,4,9-11H2,1-3H3,(H,18,20). The summed E-state index contributed by atoms with van der Waals surface area (Å²) in [4.78, 5) is 13.6. The first kappa shape index (κ1) is 14.9. The molecule has 0 aromatic heterocycles. The lowest BCUT2D eigenvalue weighted by molar-refractivity contribution is -0.119. The number of carbonyl (C=O) groups excluding carboxylic acids is 1. The van der Waals surface area contributed by atoms with E-state index in [1.807, 2.05) is 7.05 Å². The first-order chi connectivity index (χ1) is 9.65. The van der Waals surface area contributed by atoms with E-state index in [2.05, 4.69) is 46.7 Å². The molecule has 2 unspecified atom stereocenters. The molecule has 1 aromatic carbocycles. The van der Waals surface area contributed by atoms with E-state index in [4.69, 9.17) is 0 Å². The molecular weight excluding hydrogens is 250 g/mol. The molecule has 20 heavy (non-hydrogen) atoms. The molecule has 0 aliphatic carbocycles. The molecule has 2 N–H and O–H groups in total. The topological polar surface area (TPSA) is 44.4 Å². The Morgan fingerprint density at radius 1 is 1.45 bits per heavy atom. The Morgan fingerprint density at radius 3 is 2.85 bits per heavy atom. The first-order valence-electron chi connectivity index (χ1n) is 7.44. The van der Waals surface area contributed by atoms with Crippen LogP contribution in [0.3, 0.4) is 0 Å². The molecule has 0 radical (unpaired) electrons. The van der Waals surface area contributed by atoms with Gasteiger partial charge in [0.15, 0.2) is 0 Å². The third-order valence-corrected chi connectivity index (χ3v) is 4.01. The van der Waals surface area contributed by atoms with E-state index in [1.165, 1.54) is 11.3 Å². The molecule has 110 valence electrons. The number of carbonyl (C=O) groups is 1. The second kappa shape index (κ2) is 6.75. The summed E-state index contributed by atoms with van der Waals surface area (Å²) in [5.74, 6) is 0.0618. The van der Waals surface area contributed by atoms with Crippen molar-refractivity contribution in [3.63, 3.8) is 0 Å². The zero-order valence-corrected chi connectivity index (χ0v) is 12.6. The van der Waals surface area contributed by atoms with Crippen LogP contribution in [-0.4, -0.2) is 32.1 Å². The highest BCUT2D eigenvalue weighted by atomic mass is 16.1. The van der Waals surface area contributed by atoms with Gasteiger partial charge in [-0.05, 0) is 31.5 Å². The van der Waals surface area contributed by atoms with Crippen LogP contribution in [0.25, 0.3) is 0 Å². The Kier molecular flexibility index (Phi) is 5.01. The van der Waals surface area contributed by atoms with E-state index in [0.29, 0.717) is 6.04 Å². The third-order valence-electron chi connectivity index (χ3n) is 4.01. The van der Waals surface area contributed by atoms with Crippen molar-refractivity contribution in [2.24, 2.45) is 0 Å². The van der Waals surface area contributed by atoms with Gasteiger partial charge < -0.3 is 15.5 Å². The third kappa shape index (κ3) is 3.31. The molecule has 2 rings (SSSR count). The second-order valence-electron chi connectivity index (χ2n) is 5.44. The van der Waals surface area contributed by atoms with Crippen molar-refractivity contribution in [1.82, 2.24) is 10.6 Å². The highest BCUT2D eigenvalue weighted by Gasteiger charge is 2.25. The second-order valence-corrected chi connectivity index (χ2v) is 5.44. The Labute approximate surface area is 121 Å². The van der Waals surface area contributed by atoms with Crippen molar-refractivity contribution in [2.45, 2.75) is 38.8 Å². The van der Waals surface area contributed by atoms with Crippen molar-refractivity contribution in [1.29, 1.82) is 0 Å². The van der Waals surface area contributed by atoms with Gasteiger partial charge in [0.05, 0.1) is 0 Å². The average molecular weight is 275 g/mol. The molecule has 1 heterocycles. The number of nitrogens with one attached hydrogen (secondary N) is 2. The largest absolute Gasteiger partial charge is 0.369 e. The summed E-state index contributed by atoms with van der Waals surface area (Å²) >= 11 is 0. The molecule has 0 spiro atoms. The lowest BCUT2D eigenvalue weighted by Gasteiger charge is -2.26. The summed E-state index contributed by atoms with van der Waals surface area (Å²) in [6, 6.07) is 9.23. The smallest absolute Gasteiger partial charge is 0.217 e. The Hall–Kier alpha value is -1.55. The molecular formula is C16H25N3O. The molecule has 1 fully saturated rings. The number of hydrogen-bond acceptors (Lipinski definition) is 3. The average Bonchev–Trinajstić information content (AvgIpc) is 2.88. The van der Waals surface area contributed by atoms with Crippen LogP contribution in [0.2, 0.25) is 0 Å². The highest BCUT2D eigenvalue weighted by molar-refractivity contribution is 5.73. The monoisotopic (exact) mass is 275 g/mol. The van der Waals surface area contributed by atoms with Gasteiger partial charge in [-0.2, -0.15) is 0 Å². The molecule has 1 aliphatic rings. The van der Waals surface area contributed by atoms with Crippen molar-refractivity contribution in [3.05, 3.63) is 29.8 Å². The number of anilines is 1. The zero-order chi connectivity index (χ0) is 14.5. The fourth-order valence-corrected chi connectivity index (χ4v) is 3.03. The molecule has 0 bridgehead atoms. The van der Waals surface area contributed by atoms with E-state index in [1.54, 1.807) is 6.92 Å². The van der Waals surface area contributed by atoms with Crippen LogP contribution in [0.4, 0.5) is 5.69 Å². The van der Waals surface area contributed by atoms with Crippen LogP contribution in [0.1, 0.15) is 38.3 Å². The molecule has 1 saturated heterocycles. The fourth-order valence-electron chi connectivity index (χ4n) is 3.03. The van der Waals surface area contributed by atoms with Gasteiger partial charge in [-0.1, -0.05) is 25.1 Å². The fraction of sp³-hybridized carbons (Fsp3) is 0.562. The van der Waals surface area contributed by atoms with Crippen molar-refractivity contribution in [2.75, 3.05) is 25.0 Å². The minimum Gasteiger partial charge on any atom is -0.369 e. The predicted octanol–water partition coefficient (Wildman–Crippen LogP) is 2.07. The van der Waals surface area contributed by atoms with Gasteiger partial charge in [0.25, 0.3) is 0 Å². The van der Waals surface area contributed by atoms with Gasteiger partial charge in [0.2, 0.25) is 5.91 Å². The zero-order valence-electron chi connectivity index (χ0n) is 12.6. The van der Waals surface area contributed by atoms with Crippen molar-refractivity contribution >= 4 is 11.6 Å². The summed E-state index contributed by atoms with van der Waals surface area (Å²) in [5.41, 5.74) is 2.64. The SMILES string of the molecule is CCC(NC)c1ccccc1N1CCC(NC(C)=O)C1. The normalized spacial score (nSPS) is 19.9. The summed E-state index contributed by atoms with van der Waals surface area (Å²) in [6.45, 7) is 5.69. The maximum absolute atomic E-state index is 11.2. The van der Waals surface area contributed by atoms with Crippen LogP contribution in [0.5, 0.6) is 0 Å². The minimum absolute atomic E-state index is 0.0618. The van der Waals surface area contributed by atoms with E-state index in [9.17, 15) is 4.79 Å². The Morgan fingerprint density at radius 2 is 2.20 bits per heavy atom. The van der Waals surface area contributed by atoms with Gasteiger partial charge in [-0.3, -0.25) is 4.79 Å². The summed E-state index contributed by atoms with van der Waals surface area (Å²) in [5, 5.41) is 6.40. The number of hydrogen-bond donors (Lipinski definition) is 2. The lowest BCUT2D eigenvalue weighted by Crippen LogP contribution is -2.35. The van der Waals surface area contributed by atoms with Crippen molar-refractivity contribution < 1.29 is 4.79 Å². The number of rotatable bonds is 5. The van der Waals surface area contributed by atoms with Crippen LogP contribution >= 0.6 is 0 Å². The number of nitrogens with zero attached hydrogens (tertiary/aromatic N) is 1. The van der Waals surface area contributed by atoms with E-state index in [-0.39, 0.29) is 11.9 Å². The summed E-state index contributed by atoms with van der Waals surface area (Å²) in [7, 11) is 2.01. The van der Waals surface area contributed by atoms with Crippen LogP contribution in [-0.2, 0) is 4.79 Å². The highest BCUT2D eigenvalue weighted by Crippen LogP contribution is 2.30. The van der Waals surface area contributed by atoms with Gasteiger partial charge >= 0.3 is 0 Å². The van der Waals surface area contributed by atoms with E-state index < -0.39 is 0 Å². The molecule has 2 atom stereocenters. The lowest BCUT2D eigenvalue weighted by atomic mass is 10.0. The quantitative estimate of drug-likeness (QED) is 0.864. The summed E-state index contributed by atoms with van der Waals surface area (Å²) < 4.78 is 0. The number of para-hydroxylation sites is 1. The summed E-state index contributed by atoms with van der Waals surface area (Å²) in [6.07, 6.45) is 2.08. The number of amides is 1. The predicted molar refractivity (Wildman–Crippen MR) is 83.0 cm³/mol. The molecule has 0 saturated carbocycles. The van der Waals surface area contributed by atoms with Gasteiger partial charge in [-0.15, -0.1) is 0 Å². The van der Waals surface area contributed by atoms with Crippen LogP contribution in [0.15, 0.2) is 24.3 Å². The Bertz CT molecular complexity index is 457. The maximum Gasteiger partial charge on any atom is 0.217 e. The van der Waals surface area contributed by atoms with E-state index in [0.717, 1.165) is 25.9 Å². The van der Waals surface area contributed by atoms with Crippen LogP contribution in [0, 0.1) is 0 Å². The van der Waals surface area contributed by atoms with Gasteiger partial charge in [0.1, 0.15) is 0 Å². The molecule has 4 nitrogen and oxygen atoms in total. The number of benzene rings is 1. The molecule has 1 amide bonds. The van der Waals surface area contributed by atoms with Gasteiger partial charge in [-0.25, -0.2) is 0 Å². The maximum atomic E-state index is 11.2. The van der Waals surface area contributed by atoms with Crippen LogP contribution < -0.4 is 15.5 Å². The van der Waals surface area contributed by atoms with E-state index >= 15 is 0 Å². The Balaban J connectivity index is 2.15.